The number of nitrogens with one attached hydrogen (secondary N) is 1. The van der Waals surface area contributed by atoms with Gasteiger partial charge in [-0.05, 0) is 24.6 Å². The Hall–Kier alpha value is -2.34. The first-order valence-electron chi connectivity index (χ1n) is 7.84. The van der Waals surface area contributed by atoms with Gasteiger partial charge in [-0.15, -0.1) is 11.6 Å². The quantitative estimate of drug-likeness (QED) is 0.860. The molecule has 1 aliphatic heterocycles. The van der Waals surface area contributed by atoms with E-state index in [1.54, 1.807) is 6.92 Å². The Bertz CT molecular complexity index is 780. The van der Waals surface area contributed by atoms with Crippen molar-refractivity contribution in [1.82, 2.24) is 14.9 Å². The number of anilines is 1. The van der Waals surface area contributed by atoms with Gasteiger partial charge in [-0.25, -0.2) is 4.98 Å². The molecule has 2 aromatic rings. The number of amides is 1. The second-order valence-corrected chi connectivity index (χ2v) is 6.09. The van der Waals surface area contributed by atoms with Crippen molar-refractivity contribution in [3.05, 3.63) is 57.5 Å². The van der Waals surface area contributed by atoms with Crippen LogP contribution < -0.4 is 10.5 Å². The van der Waals surface area contributed by atoms with Gasteiger partial charge >= 0.3 is 0 Å². The number of carbonyl (C=O) groups excluding carboxylic acids is 1. The summed E-state index contributed by atoms with van der Waals surface area (Å²) in [5, 5.41) is 0. The van der Waals surface area contributed by atoms with Crippen molar-refractivity contribution in [2.75, 3.05) is 31.1 Å². The van der Waals surface area contributed by atoms with Gasteiger partial charge in [-0.1, -0.05) is 12.1 Å². The number of carbonyl (C=O) groups is 1. The molecule has 0 aliphatic carbocycles. The smallest absolute Gasteiger partial charge is 0.253 e. The first kappa shape index (κ1) is 16.5. The highest BCUT2D eigenvalue weighted by molar-refractivity contribution is 6.17. The van der Waals surface area contributed by atoms with E-state index < -0.39 is 0 Å². The number of hydrogen-bond acceptors (Lipinski definition) is 4. The summed E-state index contributed by atoms with van der Waals surface area (Å²) in [7, 11) is 0. The van der Waals surface area contributed by atoms with E-state index >= 15 is 0 Å². The number of aromatic nitrogens is 2. The van der Waals surface area contributed by atoms with E-state index in [0.717, 1.165) is 5.56 Å². The average Bonchev–Trinajstić information content (AvgIpc) is 2.60. The number of hydrogen-bond donors (Lipinski definition) is 1. The lowest BCUT2D eigenvalue weighted by Gasteiger charge is -2.35. The molecule has 0 atom stereocenters. The minimum absolute atomic E-state index is 0.0152. The number of halogens is 1. The Labute approximate surface area is 145 Å². The van der Waals surface area contributed by atoms with Crippen LogP contribution in [-0.2, 0) is 5.88 Å². The van der Waals surface area contributed by atoms with Crippen molar-refractivity contribution >= 4 is 23.5 Å². The van der Waals surface area contributed by atoms with Crippen LogP contribution in [0.2, 0.25) is 0 Å². The van der Waals surface area contributed by atoms with Crippen LogP contribution in [0.15, 0.2) is 35.1 Å². The Morgan fingerprint density at radius 2 is 1.88 bits per heavy atom. The van der Waals surface area contributed by atoms with Gasteiger partial charge in [0.05, 0.1) is 0 Å². The predicted octanol–water partition coefficient (Wildman–Crippen LogP) is 1.78. The topological polar surface area (TPSA) is 69.3 Å². The zero-order chi connectivity index (χ0) is 17.1. The summed E-state index contributed by atoms with van der Waals surface area (Å²) in [5.74, 6) is 1.02. The molecule has 6 nitrogen and oxygen atoms in total. The maximum absolute atomic E-state index is 12.6. The molecule has 1 aromatic heterocycles. The first-order valence-corrected chi connectivity index (χ1v) is 8.37. The van der Waals surface area contributed by atoms with E-state index in [-0.39, 0.29) is 11.5 Å². The molecule has 1 N–H and O–H groups in total. The maximum Gasteiger partial charge on any atom is 0.253 e. The van der Waals surface area contributed by atoms with Gasteiger partial charge in [0.2, 0.25) is 5.95 Å². The molecule has 1 aliphatic rings. The van der Waals surface area contributed by atoms with Gasteiger partial charge < -0.3 is 9.80 Å². The lowest BCUT2D eigenvalue weighted by atomic mass is 10.1. The van der Waals surface area contributed by atoms with E-state index in [1.165, 1.54) is 6.07 Å². The lowest BCUT2D eigenvalue weighted by Crippen LogP contribution is -2.49. The highest BCUT2D eigenvalue weighted by Gasteiger charge is 2.23. The highest BCUT2D eigenvalue weighted by Crippen LogP contribution is 2.14. The van der Waals surface area contributed by atoms with Gasteiger partial charge in [-0.2, -0.15) is 0 Å². The van der Waals surface area contributed by atoms with Crippen molar-refractivity contribution < 1.29 is 4.79 Å². The van der Waals surface area contributed by atoms with Crippen LogP contribution in [0.4, 0.5) is 5.95 Å². The standard InChI is InChI=1S/C17H19ClN4O2/c1-12-10-15(23)20-17(19-12)22-8-6-21(7-9-22)16(24)14-4-2-13(11-18)3-5-14/h2-5,10H,6-9,11H2,1H3,(H,19,20,23). The van der Waals surface area contributed by atoms with Crippen LogP contribution >= 0.6 is 11.6 Å². The molecule has 3 rings (SSSR count). The van der Waals surface area contributed by atoms with Crippen LogP contribution in [-0.4, -0.2) is 47.0 Å². The molecular formula is C17H19ClN4O2. The third-order valence-electron chi connectivity index (χ3n) is 4.08. The maximum atomic E-state index is 12.6. The van der Waals surface area contributed by atoms with Gasteiger partial charge in [0, 0.05) is 49.4 Å². The largest absolute Gasteiger partial charge is 0.339 e. The fourth-order valence-electron chi connectivity index (χ4n) is 2.75. The zero-order valence-electron chi connectivity index (χ0n) is 13.5. The Morgan fingerprint density at radius 3 is 2.46 bits per heavy atom. The van der Waals surface area contributed by atoms with Gasteiger partial charge in [0.25, 0.3) is 11.5 Å². The van der Waals surface area contributed by atoms with Crippen molar-refractivity contribution in [3.8, 4) is 0 Å². The lowest BCUT2D eigenvalue weighted by molar-refractivity contribution is 0.0746. The van der Waals surface area contributed by atoms with Crippen LogP contribution in [0, 0.1) is 6.92 Å². The number of H-pyrrole nitrogens is 1. The molecule has 1 amide bonds. The van der Waals surface area contributed by atoms with Gasteiger partial charge in [0.15, 0.2) is 0 Å². The number of aromatic amines is 1. The average molecular weight is 347 g/mol. The Kier molecular flexibility index (Phi) is 4.85. The van der Waals surface area contributed by atoms with Crippen LogP contribution in [0.5, 0.6) is 0 Å². The Balaban J connectivity index is 1.65. The van der Waals surface area contributed by atoms with E-state index in [2.05, 4.69) is 9.97 Å². The fraction of sp³-hybridized carbons (Fsp3) is 0.353. The third-order valence-corrected chi connectivity index (χ3v) is 4.39. The van der Waals surface area contributed by atoms with Gasteiger partial charge in [-0.3, -0.25) is 14.6 Å². The van der Waals surface area contributed by atoms with Crippen LogP contribution in [0.3, 0.4) is 0 Å². The number of nitrogens with zero attached hydrogens (tertiary/aromatic N) is 3. The molecule has 0 saturated carbocycles. The molecule has 0 unspecified atom stereocenters. The predicted molar refractivity (Wildman–Crippen MR) is 93.7 cm³/mol. The second kappa shape index (κ2) is 7.05. The summed E-state index contributed by atoms with van der Waals surface area (Å²) >= 11 is 5.77. The van der Waals surface area contributed by atoms with Crippen molar-refractivity contribution in [1.29, 1.82) is 0 Å². The van der Waals surface area contributed by atoms with E-state index in [9.17, 15) is 9.59 Å². The van der Waals surface area contributed by atoms with E-state index in [4.69, 9.17) is 11.6 Å². The summed E-state index contributed by atoms with van der Waals surface area (Å²) < 4.78 is 0. The first-order chi connectivity index (χ1) is 11.6. The molecule has 1 aromatic carbocycles. The molecule has 24 heavy (non-hydrogen) atoms. The van der Waals surface area contributed by atoms with Crippen molar-refractivity contribution in [3.63, 3.8) is 0 Å². The number of alkyl halides is 1. The number of rotatable bonds is 3. The van der Waals surface area contributed by atoms with Crippen molar-refractivity contribution in [2.45, 2.75) is 12.8 Å². The highest BCUT2D eigenvalue weighted by atomic mass is 35.5. The molecule has 0 bridgehead atoms. The molecule has 2 heterocycles. The third kappa shape index (κ3) is 3.59. The van der Waals surface area contributed by atoms with E-state index in [1.807, 2.05) is 34.1 Å². The Morgan fingerprint density at radius 1 is 1.21 bits per heavy atom. The zero-order valence-corrected chi connectivity index (χ0v) is 14.2. The van der Waals surface area contributed by atoms with Crippen LogP contribution in [0.1, 0.15) is 21.6 Å². The molecule has 126 valence electrons. The number of aryl methyl sites for hydroxylation is 1. The number of benzene rings is 1. The minimum Gasteiger partial charge on any atom is -0.339 e. The molecular weight excluding hydrogens is 328 g/mol. The summed E-state index contributed by atoms with van der Waals surface area (Å²) in [6, 6.07) is 8.83. The molecule has 0 radical (unpaired) electrons. The summed E-state index contributed by atoms with van der Waals surface area (Å²) in [5.41, 5.74) is 2.19. The minimum atomic E-state index is -0.157. The van der Waals surface area contributed by atoms with Crippen LogP contribution in [0.25, 0.3) is 0 Å². The SMILES string of the molecule is Cc1cc(=O)[nH]c(N2CCN(C(=O)c3ccc(CCl)cc3)CC2)n1. The summed E-state index contributed by atoms with van der Waals surface area (Å²) in [4.78, 5) is 35.0. The number of piperazine rings is 1. The van der Waals surface area contributed by atoms with Gasteiger partial charge in [0.1, 0.15) is 0 Å². The molecule has 1 fully saturated rings. The summed E-state index contributed by atoms with van der Waals surface area (Å²) in [6.45, 7) is 4.25. The normalized spacial score (nSPS) is 14.8. The molecule has 1 saturated heterocycles. The van der Waals surface area contributed by atoms with Crippen molar-refractivity contribution in [2.24, 2.45) is 0 Å². The van der Waals surface area contributed by atoms with E-state index in [0.29, 0.717) is 49.3 Å². The monoisotopic (exact) mass is 346 g/mol. The molecule has 0 spiro atoms. The second-order valence-electron chi connectivity index (χ2n) is 5.82. The molecule has 7 heteroatoms. The fourth-order valence-corrected chi connectivity index (χ4v) is 2.93. The summed E-state index contributed by atoms with van der Waals surface area (Å²) in [6.07, 6.45) is 0.